The Balaban J connectivity index is 1.17. The zero-order chi connectivity index (χ0) is 21.6. The van der Waals surface area contributed by atoms with Crippen LogP contribution in [-0.2, 0) is 16.6 Å². The molecule has 1 aromatic carbocycles. The Morgan fingerprint density at radius 3 is 2.87 bits per heavy atom. The molecule has 0 bridgehead atoms. The molecule has 0 saturated carbocycles. The number of carbonyl (C=O) groups is 1. The summed E-state index contributed by atoms with van der Waals surface area (Å²) in [6.45, 7) is 7.23. The first kappa shape index (κ1) is 20.3. The summed E-state index contributed by atoms with van der Waals surface area (Å²) in [6, 6.07) is 7.78. The van der Waals surface area contributed by atoms with Gasteiger partial charge in [0.2, 0.25) is 5.91 Å². The SMILES string of the molecule is C=C1CCc2cc(OCCN3CCC4(CC3)C(=O)Nc3ccc(Cl)cc34)cnc2N1C. The summed E-state index contributed by atoms with van der Waals surface area (Å²) >= 11 is 6.21. The van der Waals surface area contributed by atoms with Crippen molar-refractivity contribution < 1.29 is 9.53 Å². The fourth-order valence-corrected chi connectivity index (χ4v) is 5.15. The van der Waals surface area contributed by atoms with Crippen LogP contribution in [0.2, 0.25) is 5.02 Å². The van der Waals surface area contributed by atoms with E-state index < -0.39 is 5.41 Å². The molecular formula is C24H27ClN4O2. The maximum Gasteiger partial charge on any atom is 0.235 e. The van der Waals surface area contributed by atoms with Gasteiger partial charge in [0.1, 0.15) is 18.2 Å². The van der Waals surface area contributed by atoms with E-state index in [1.165, 1.54) is 5.56 Å². The number of ether oxygens (including phenoxy) is 1. The number of nitrogens with zero attached hydrogens (tertiary/aromatic N) is 3. The van der Waals surface area contributed by atoms with Crippen molar-refractivity contribution >= 4 is 29.0 Å². The number of pyridine rings is 1. The van der Waals surface area contributed by atoms with Gasteiger partial charge < -0.3 is 15.0 Å². The quantitative estimate of drug-likeness (QED) is 0.782. The number of likely N-dealkylation sites (tertiary alicyclic amines) is 1. The normalized spacial score (nSPS) is 19.9. The highest BCUT2D eigenvalue weighted by atomic mass is 35.5. The van der Waals surface area contributed by atoms with Gasteiger partial charge in [0.05, 0.1) is 11.6 Å². The topological polar surface area (TPSA) is 57.7 Å². The highest BCUT2D eigenvalue weighted by Gasteiger charge is 2.48. The Kier molecular flexibility index (Phi) is 5.15. The van der Waals surface area contributed by atoms with Gasteiger partial charge in [-0.15, -0.1) is 0 Å². The standard InChI is InChI=1S/C24H27ClN4O2/c1-16-3-4-17-13-19(15-26-22(17)28(16)2)31-12-11-29-9-7-24(8-10-29)20-14-18(25)5-6-21(20)27-23(24)30/h5-6,13-15H,1,3-4,7-12H2,2H3,(H,27,30). The number of anilines is 2. The Morgan fingerprint density at radius 1 is 1.26 bits per heavy atom. The second kappa shape index (κ2) is 7.84. The van der Waals surface area contributed by atoms with Crippen molar-refractivity contribution in [2.45, 2.75) is 31.1 Å². The number of nitrogens with one attached hydrogen (secondary N) is 1. The van der Waals surface area contributed by atoms with E-state index in [1.54, 1.807) is 6.20 Å². The van der Waals surface area contributed by atoms with Gasteiger partial charge in [-0.1, -0.05) is 18.2 Å². The summed E-state index contributed by atoms with van der Waals surface area (Å²) in [7, 11) is 2.01. The number of aryl methyl sites for hydroxylation is 1. The van der Waals surface area contributed by atoms with Crippen LogP contribution < -0.4 is 15.0 Å². The summed E-state index contributed by atoms with van der Waals surface area (Å²) in [5.74, 6) is 1.89. The van der Waals surface area contributed by atoms with Crippen molar-refractivity contribution in [1.82, 2.24) is 9.88 Å². The zero-order valence-electron chi connectivity index (χ0n) is 17.8. The Morgan fingerprint density at radius 2 is 2.06 bits per heavy atom. The average molecular weight is 439 g/mol. The lowest BCUT2D eigenvalue weighted by Gasteiger charge is -2.38. The van der Waals surface area contributed by atoms with E-state index in [9.17, 15) is 4.79 Å². The highest BCUT2D eigenvalue weighted by Crippen LogP contribution is 2.45. The zero-order valence-corrected chi connectivity index (χ0v) is 18.5. The average Bonchev–Trinajstić information content (AvgIpc) is 3.03. The van der Waals surface area contributed by atoms with Gasteiger partial charge in [0.15, 0.2) is 0 Å². The van der Waals surface area contributed by atoms with Crippen LogP contribution in [0.25, 0.3) is 0 Å². The second-order valence-electron chi connectivity index (χ2n) is 8.70. The monoisotopic (exact) mass is 438 g/mol. The fourth-order valence-electron chi connectivity index (χ4n) is 4.98. The number of piperidine rings is 1. The van der Waals surface area contributed by atoms with E-state index in [1.807, 2.05) is 25.2 Å². The molecule has 31 heavy (non-hydrogen) atoms. The summed E-state index contributed by atoms with van der Waals surface area (Å²) in [5.41, 5.74) is 3.80. The lowest BCUT2D eigenvalue weighted by Crippen LogP contribution is -2.47. The number of rotatable bonds is 4. The van der Waals surface area contributed by atoms with Crippen molar-refractivity contribution in [3.63, 3.8) is 0 Å². The first-order valence-electron chi connectivity index (χ1n) is 10.8. The van der Waals surface area contributed by atoms with E-state index in [0.717, 1.165) is 73.8 Å². The van der Waals surface area contributed by atoms with Crippen molar-refractivity contribution in [3.8, 4) is 5.75 Å². The number of benzene rings is 1. The molecule has 4 heterocycles. The molecule has 1 amide bonds. The molecule has 1 fully saturated rings. The van der Waals surface area contributed by atoms with E-state index in [4.69, 9.17) is 16.3 Å². The van der Waals surface area contributed by atoms with E-state index >= 15 is 0 Å². The minimum absolute atomic E-state index is 0.105. The van der Waals surface area contributed by atoms with Gasteiger partial charge in [-0.3, -0.25) is 9.69 Å². The Bertz CT molecular complexity index is 1050. The maximum atomic E-state index is 12.8. The summed E-state index contributed by atoms with van der Waals surface area (Å²) in [4.78, 5) is 21.8. The molecule has 3 aliphatic heterocycles. The molecular weight excluding hydrogens is 412 g/mol. The van der Waals surface area contributed by atoms with Crippen LogP contribution in [0.1, 0.15) is 30.4 Å². The summed E-state index contributed by atoms with van der Waals surface area (Å²) < 4.78 is 6.01. The lowest BCUT2D eigenvalue weighted by atomic mass is 9.73. The molecule has 1 spiro atoms. The van der Waals surface area contributed by atoms with Crippen molar-refractivity contribution in [1.29, 1.82) is 0 Å². The van der Waals surface area contributed by atoms with E-state index in [2.05, 4.69) is 32.7 Å². The van der Waals surface area contributed by atoms with Gasteiger partial charge in [-0.05, 0) is 74.2 Å². The molecule has 1 saturated heterocycles. The number of carbonyl (C=O) groups excluding carboxylic acids is 1. The third-order valence-electron chi connectivity index (χ3n) is 6.96. The van der Waals surface area contributed by atoms with E-state index in [-0.39, 0.29) is 5.91 Å². The van der Waals surface area contributed by atoms with Gasteiger partial charge in [0.25, 0.3) is 0 Å². The number of allylic oxidation sites excluding steroid dienone is 1. The third-order valence-corrected chi connectivity index (χ3v) is 7.19. The molecule has 7 heteroatoms. The smallest absolute Gasteiger partial charge is 0.235 e. The predicted molar refractivity (Wildman–Crippen MR) is 123 cm³/mol. The highest BCUT2D eigenvalue weighted by molar-refractivity contribution is 6.31. The van der Waals surface area contributed by atoms with Crippen molar-refractivity contribution in [3.05, 3.63) is 58.9 Å². The van der Waals surface area contributed by atoms with Crippen LogP contribution in [0.15, 0.2) is 42.7 Å². The van der Waals surface area contributed by atoms with Crippen molar-refractivity contribution in [2.24, 2.45) is 0 Å². The summed E-state index contributed by atoms with van der Waals surface area (Å²) in [5, 5.41) is 3.72. The molecule has 0 unspecified atom stereocenters. The van der Waals surface area contributed by atoms with Gasteiger partial charge in [-0.25, -0.2) is 4.98 Å². The number of halogens is 1. The van der Waals surface area contributed by atoms with Crippen molar-refractivity contribution in [2.75, 3.05) is 43.5 Å². The van der Waals surface area contributed by atoms with E-state index in [0.29, 0.717) is 11.6 Å². The Labute approximate surface area is 187 Å². The Hall–Kier alpha value is -2.57. The lowest BCUT2D eigenvalue weighted by molar-refractivity contribution is -0.122. The van der Waals surface area contributed by atoms with Crippen LogP contribution in [0.5, 0.6) is 5.75 Å². The minimum Gasteiger partial charge on any atom is -0.491 e. The maximum absolute atomic E-state index is 12.8. The predicted octanol–water partition coefficient (Wildman–Crippen LogP) is 4.00. The molecule has 1 aromatic heterocycles. The molecule has 5 rings (SSSR count). The number of fused-ring (bicyclic) bond motifs is 3. The molecule has 1 N–H and O–H groups in total. The van der Waals surface area contributed by atoms with Crippen LogP contribution in [-0.4, -0.2) is 49.1 Å². The van der Waals surface area contributed by atoms with Crippen LogP contribution in [0, 0.1) is 0 Å². The first-order valence-corrected chi connectivity index (χ1v) is 11.2. The van der Waals surface area contributed by atoms with Crippen LogP contribution >= 0.6 is 11.6 Å². The van der Waals surface area contributed by atoms with Gasteiger partial charge >= 0.3 is 0 Å². The second-order valence-corrected chi connectivity index (χ2v) is 9.13. The number of hydrogen-bond acceptors (Lipinski definition) is 5. The van der Waals surface area contributed by atoms with Gasteiger partial charge in [-0.2, -0.15) is 0 Å². The molecule has 162 valence electrons. The minimum atomic E-state index is -0.448. The third kappa shape index (κ3) is 3.58. The number of hydrogen-bond donors (Lipinski definition) is 1. The fraction of sp³-hybridized carbons (Fsp3) is 0.417. The molecule has 0 atom stereocenters. The van der Waals surface area contributed by atoms with Crippen LogP contribution in [0.4, 0.5) is 11.5 Å². The largest absolute Gasteiger partial charge is 0.491 e. The van der Waals surface area contributed by atoms with Crippen LogP contribution in [0.3, 0.4) is 0 Å². The van der Waals surface area contributed by atoms with Gasteiger partial charge in [0, 0.05) is 30.0 Å². The molecule has 0 aliphatic carbocycles. The molecule has 6 nitrogen and oxygen atoms in total. The molecule has 0 radical (unpaired) electrons. The number of amides is 1. The first-order chi connectivity index (χ1) is 15.0. The molecule has 3 aliphatic rings. The number of aromatic nitrogens is 1. The molecule has 2 aromatic rings. The summed E-state index contributed by atoms with van der Waals surface area (Å²) in [6.07, 6.45) is 5.28.